The lowest BCUT2D eigenvalue weighted by Crippen LogP contribution is -2.31. The van der Waals surface area contributed by atoms with Crippen molar-refractivity contribution in [2.45, 2.75) is 34.1 Å². The lowest BCUT2D eigenvalue weighted by molar-refractivity contribution is -0.660. The first-order chi connectivity index (χ1) is 13.8. The Hall–Kier alpha value is -2.93. The van der Waals surface area contributed by atoms with Crippen molar-refractivity contribution >= 4 is 10.8 Å². The molecule has 1 aromatic heterocycles. The maximum atomic E-state index is 2.40. The van der Waals surface area contributed by atoms with E-state index < -0.39 is 0 Å². The minimum atomic E-state index is 0.270. The van der Waals surface area contributed by atoms with Crippen LogP contribution in [-0.2, 0) is 13.5 Å². The van der Waals surface area contributed by atoms with E-state index >= 15 is 0 Å². The molecule has 3 aromatic carbocycles. The molecular formula is C28H28N+. The highest BCUT2D eigenvalue weighted by Crippen LogP contribution is 2.51. The van der Waals surface area contributed by atoms with Crippen LogP contribution in [0, 0.1) is 12.3 Å². The molecule has 0 radical (unpaired) electrons. The van der Waals surface area contributed by atoms with Crippen LogP contribution in [0.3, 0.4) is 0 Å². The zero-order chi connectivity index (χ0) is 20.3. The predicted molar refractivity (Wildman–Crippen MR) is 123 cm³/mol. The highest BCUT2D eigenvalue weighted by atomic mass is 14.9. The Morgan fingerprint density at radius 3 is 2.28 bits per heavy atom. The maximum Gasteiger partial charge on any atom is 0.213 e. The van der Waals surface area contributed by atoms with Gasteiger partial charge in [0.25, 0.3) is 0 Å². The van der Waals surface area contributed by atoms with Gasteiger partial charge in [-0.2, -0.15) is 0 Å². The second kappa shape index (κ2) is 6.29. The fourth-order valence-corrected chi connectivity index (χ4v) is 4.94. The molecule has 0 saturated carbocycles. The normalized spacial score (nSPS) is 12.4. The third-order valence-electron chi connectivity index (χ3n) is 6.05. The summed E-state index contributed by atoms with van der Waals surface area (Å²) in [6, 6.07) is 22.6. The van der Waals surface area contributed by atoms with Crippen LogP contribution in [0.5, 0.6) is 0 Å². The highest BCUT2D eigenvalue weighted by molar-refractivity contribution is 6.19. The molecule has 0 unspecified atom stereocenters. The van der Waals surface area contributed by atoms with Crippen molar-refractivity contribution in [3.8, 4) is 33.5 Å². The van der Waals surface area contributed by atoms with Gasteiger partial charge in [0.05, 0.1) is 5.56 Å². The fourth-order valence-electron chi connectivity index (χ4n) is 4.94. The van der Waals surface area contributed by atoms with E-state index in [0.717, 1.165) is 6.42 Å². The van der Waals surface area contributed by atoms with Crippen LogP contribution >= 0.6 is 0 Å². The Morgan fingerprint density at radius 2 is 1.52 bits per heavy atom. The Balaban J connectivity index is 1.85. The molecule has 29 heavy (non-hydrogen) atoms. The zero-order valence-electron chi connectivity index (χ0n) is 18.0. The molecule has 0 bridgehead atoms. The molecule has 1 heterocycles. The molecule has 1 nitrogen and oxygen atoms in total. The fraction of sp³-hybridized carbons (Fsp3) is 0.250. The molecule has 0 N–H and O–H groups in total. The Labute approximate surface area is 173 Å². The second-order valence-corrected chi connectivity index (χ2v) is 9.66. The topological polar surface area (TPSA) is 3.88 Å². The number of aryl methyl sites for hydroxylation is 2. The molecule has 1 aliphatic carbocycles. The van der Waals surface area contributed by atoms with E-state index in [-0.39, 0.29) is 5.41 Å². The average Bonchev–Trinajstić information content (AvgIpc) is 2.99. The van der Waals surface area contributed by atoms with E-state index in [1.807, 2.05) is 0 Å². The van der Waals surface area contributed by atoms with E-state index in [4.69, 9.17) is 0 Å². The quantitative estimate of drug-likeness (QED) is 0.295. The van der Waals surface area contributed by atoms with E-state index in [1.165, 1.54) is 55.4 Å². The minimum absolute atomic E-state index is 0.270. The zero-order valence-corrected chi connectivity index (χ0v) is 18.0. The standard InChI is InChI=1S/C28H28N/c1-18-15-20-9-8-12-22-21-10-6-7-11-23(21)27(26(20)22)25(18)24-16-19(13-14-29(24)5)17-28(2,3)4/h6-16H,17H2,1-5H3/q+1. The summed E-state index contributed by atoms with van der Waals surface area (Å²) in [5.41, 5.74) is 11.2. The van der Waals surface area contributed by atoms with Crippen molar-refractivity contribution in [3.63, 3.8) is 0 Å². The molecule has 0 fully saturated rings. The van der Waals surface area contributed by atoms with Gasteiger partial charge in [-0.05, 0) is 57.3 Å². The number of hydrogen-bond acceptors (Lipinski definition) is 0. The number of fused-ring (bicyclic) bond motifs is 3. The van der Waals surface area contributed by atoms with Crippen LogP contribution in [0.25, 0.3) is 44.3 Å². The highest BCUT2D eigenvalue weighted by Gasteiger charge is 2.28. The average molecular weight is 379 g/mol. The van der Waals surface area contributed by atoms with Crippen molar-refractivity contribution in [2.24, 2.45) is 12.5 Å². The van der Waals surface area contributed by atoms with Gasteiger partial charge in [0, 0.05) is 17.7 Å². The first kappa shape index (κ1) is 18.1. The maximum absolute atomic E-state index is 2.40. The van der Waals surface area contributed by atoms with Crippen LogP contribution < -0.4 is 4.57 Å². The SMILES string of the molecule is Cc1cc2cccc3c2c(c1-c1cc(CC(C)(C)C)cc[n+]1C)-c1ccccc1-3. The van der Waals surface area contributed by atoms with Crippen molar-refractivity contribution in [1.29, 1.82) is 0 Å². The Morgan fingerprint density at radius 1 is 0.793 bits per heavy atom. The summed E-state index contributed by atoms with van der Waals surface area (Å²) in [5.74, 6) is 0. The van der Waals surface area contributed by atoms with Crippen LogP contribution in [0.2, 0.25) is 0 Å². The van der Waals surface area contributed by atoms with Gasteiger partial charge in [0.1, 0.15) is 7.05 Å². The number of hydrogen-bond donors (Lipinski definition) is 0. The molecule has 0 amide bonds. The van der Waals surface area contributed by atoms with Crippen molar-refractivity contribution in [3.05, 3.63) is 78.0 Å². The molecule has 0 atom stereocenters. The number of nitrogens with zero attached hydrogens (tertiary/aromatic N) is 1. The Kier molecular flexibility index (Phi) is 3.93. The molecule has 0 aliphatic heterocycles. The Bertz CT molecular complexity index is 1270. The molecule has 0 saturated heterocycles. The van der Waals surface area contributed by atoms with Gasteiger partial charge in [-0.25, -0.2) is 4.57 Å². The monoisotopic (exact) mass is 378 g/mol. The largest absolute Gasteiger partial charge is 0.213 e. The van der Waals surface area contributed by atoms with Crippen molar-refractivity contribution in [1.82, 2.24) is 0 Å². The lowest BCUT2D eigenvalue weighted by atomic mass is 9.86. The van der Waals surface area contributed by atoms with Crippen LogP contribution in [0.15, 0.2) is 66.9 Å². The van der Waals surface area contributed by atoms with E-state index in [2.05, 4.69) is 106 Å². The van der Waals surface area contributed by atoms with Gasteiger partial charge in [0.2, 0.25) is 5.69 Å². The smallest absolute Gasteiger partial charge is 0.201 e. The summed E-state index contributed by atoms with van der Waals surface area (Å²) in [5, 5.41) is 2.74. The first-order valence-electron chi connectivity index (χ1n) is 10.5. The molecule has 1 heteroatoms. The molecule has 144 valence electrons. The third-order valence-corrected chi connectivity index (χ3v) is 6.05. The summed E-state index contributed by atoms with van der Waals surface area (Å²) >= 11 is 0. The molecule has 0 spiro atoms. The first-order valence-corrected chi connectivity index (χ1v) is 10.5. The molecule has 1 aliphatic rings. The molecular weight excluding hydrogens is 350 g/mol. The number of pyridine rings is 1. The van der Waals surface area contributed by atoms with Crippen molar-refractivity contribution in [2.75, 3.05) is 0 Å². The summed E-state index contributed by atoms with van der Waals surface area (Å²) in [6.07, 6.45) is 3.30. The summed E-state index contributed by atoms with van der Waals surface area (Å²) in [4.78, 5) is 0. The van der Waals surface area contributed by atoms with Crippen LogP contribution in [0.4, 0.5) is 0 Å². The van der Waals surface area contributed by atoms with Gasteiger partial charge in [0.15, 0.2) is 6.20 Å². The third kappa shape index (κ3) is 2.88. The summed E-state index contributed by atoms with van der Waals surface area (Å²) in [7, 11) is 2.17. The van der Waals surface area contributed by atoms with E-state index in [0.29, 0.717) is 0 Å². The minimum Gasteiger partial charge on any atom is -0.201 e. The van der Waals surface area contributed by atoms with E-state index in [1.54, 1.807) is 0 Å². The second-order valence-electron chi connectivity index (χ2n) is 9.66. The molecule has 4 aromatic rings. The van der Waals surface area contributed by atoms with Gasteiger partial charge < -0.3 is 0 Å². The van der Waals surface area contributed by atoms with Crippen LogP contribution in [0.1, 0.15) is 31.9 Å². The van der Waals surface area contributed by atoms with E-state index in [9.17, 15) is 0 Å². The number of benzene rings is 3. The summed E-state index contributed by atoms with van der Waals surface area (Å²) in [6.45, 7) is 9.19. The van der Waals surface area contributed by atoms with Gasteiger partial charge >= 0.3 is 0 Å². The van der Waals surface area contributed by atoms with Gasteiger partial charge in [-0.3, -0.25) is 0 Å². The van der Waals surface area contributed by atoms with Crippen LogP contribution in [-0.4, -0.2) is 0 Å². The molecule has 5 rings (SSSR count). The van der Waals surface area contributed by atoms with Crippen molar-refractivity contribution < 1.29 is 4.57 Å². The van der Waals surface area contributed by atoms with Gasteiger partial charge in [-0.1, -0.05) is 69.3 Å². The van der Waals surface area contributed by atoms with Gasteiger partial charge in [-0.15, -0.1) is 0 Å². The lowest BCUT2D eigenvalue weighted by Gasteiger charge is -2.18. The predicted octanol–water partition coefficient (Wildman–Crippen LogP) is 6.88. The number of rotatable bonds is 2. The number of aromatic nitrogens is 1. The summed E-state index contributed by atoms with van der Waals surface area (Å²) < 4.78 is 2.28.